The van der Waals surface area contributed by atoms with Crippen LogP contribution < -0.4 is 9.62 Å². The van der Waals surface area contributed by atoms with Crippen LogP contribution >= 0.6 is 0 Å². The molecule has 0 spiro atoms. The van der Waals surface area contributed by atoms with Gasteiger partial charge in [0.1, 0.15) is 17.8 Å². The third kappa shape index (κ3) is 3.32. The Hall–Kier alpha value is -1.67. The number of hydrogen-bond donors (Lipinski definition) is 2. The zero-order chi connectivity index (χ0) is 18.3. The lowest BCUT2D eigenvalue weighted by atomic mass is 10.0. The van der Waals surface area contributed by atoms with Crippen LogP contribution in [-0.4, -0.2) is 48.3 Å². The van der Waals surface area contributed by atoms with Gasteiger partial charge >= 0.3 is 0 Å². The molecule has 0 amide bonds. The monoisotopic (exact) mass is 377 g/mol. The van der Waals surface area contributed by atoms with Gasteiger partial charge in [0.15, 0.2) is 0 Å². The van der Waals surface area contributed by atoms with Gasteiger partial charge in [-0.3, -0.25) is 0 Å². The van der Waals surface area contributed by atoms with Crippen molar-refractivity contribution in [3.8, 4) is 0 Å². The lowest BCUT2D eigenvalue weighted by molar-refractivity contribution is 0.457. The number of H-pyrrole nitrogens is 1. The highest BCUT2D eigenvalue weighted by Gasteiger charge is 2.44. The van der Waals surface area contributed by atoms with Crippen molar-refractivity contribution < 1.29 is 8.42 Å². The van der Waals surface area contributed by atoms with E-state index in [0.29, 0.717) is 24.3 Å². The van der Waals surface area contributed by atoms with Gasteiger partial charge in [0.2, 0.25) is 10.0 Å². The van der Waals surface area contributed by atoms with Crippen LogP contribution in [0.3, 0.4) is 0 Å². The van der Waals surface area contributed by atoms with Crippen molar-refractivity contribution in [1.29, 1.82) is 0 Å². The summed E-state index contributed by atoms with van der Waals surface area (Å²) in [5, 5.41) is 1.05. The van der Waals surface area contributed by atoms with Crippen LogP contribution in [-0.2, 0) is 10.0 Å². The summed E-state index contributed by atoms with van der Waals surface area (Å²) < 4.78 is 27.0. The summed E-state index contributed by atoms with van der Waals surface area (Å²) in [4.78, 5) is 14.2. The lowest BCUT2D eigenvalue weighted by Crippen LogP contribution is -2.36. The number of hydrogen-bond acceptors (Lipinski definition) is 5. The van der Waals surface area contributed by atoms with E-state index >= 15 is 0 Å². The van der Waals surface area contributed by atoms with E-state index in [9.17, 15) is 8.42 Å². The highest BCUT2D eigenvalue weighted by atomic mass is 32.2. The molecule has 0 saturated heterocycles. The molecule has 0 radical (unpaired) electrons. The summed E-state index contributed by atoms with van der Waals surface area (Å²) in [6.45, 7) is 1.90. The summed E-state index contributed by atoms with van der Waals surface area (Å²) in [6, 6.07) is 2.59. The maximum atomic E-state index is 12.0. The van der Waals surface area contributed by atoms with E-state index in [-0.39, 0.29) is 11.8 Å². The topological polar surface area (TPSA) is 91.0 Å². The van der Waals surface area contributed by atoms with Crippen LogP contribution in [0.1, 0.15) is 39.0 Å². The molecular formula is C18H27N5O2S. The molecule has 2 fully saturated rings. The molecule has 2 aromatic heterocycles. The molecule has 2 aliphatic rings. The number of anilines is 1. The van der Waals surface area contributed by atoms with Crippen molar-refractivity contribution >= 4 is 26.9 Å². The van der Waals surface area contributed by atoms with E-state index in [0.717, 1.165) is 42.5 Å². The SMILES string of the molecule is CCCS(=O)(=O)N[C@@H]1CC2C[C@H](N(C)c3ncnc4[nH]ccc34)C[C@H]2C1. The standard InChI is InChI=1S/C18H27N5O2S/c1-3-6-26(24,25)22-14-7-12-9-15(10-13(12)8-14)23(2)18-16-4-5-19-17(16)20-11-21-18/h4-5,11-15,22H,3,6-10H2,1-2H3,(H,19,20,21)/t12-,13?,14+,15-/m1/s1. The van der Waals surface area contributed by atoms with E-state index in [1.807, 2.05) is 19.2 Å². The molecule has 1 unspecified atom stereocenters. The number of rotatable bonds is 6. The van der Waals surface area contributed by atoms with Gasteiger partial charge < -0.3 is 9.88 Å². The molecule has 0 bridgehead atoms. The molecule has 2 saturated carbocycles. The van der Waals surface area contributed by atoms with Crippen LogP contribution in [0.2, 0.25) is 0 Å². The van der Waals surface area contributed by atoms with Crippen LogP contribution in [0.5, 0.6) is 0 Å². The fourth-order valence-corrected chi connectivity index (χ4v) is 6.25. The molecule has 2 aliphatic carbocycles. The summed E-state index contributed by atoms with van der Waals surface area (Å²) in [5.74, 6) is 2.40. The average Bonchev–Trinajstić information content (AvgIpc) is 3.26. The lowest BCUT2D eigenvalue weighted by Gasteiger charge is -2.27. The van der Waals surface area contributed by atoms with Gasteiger partial charge in [-0.25, -0.2) is 23.1 Å². The van der Waals surface area contributed by atoms with Gasteiger partial charge in [-0.05, 0) is 50.0 Å². The third-order valence-electron chi connectivity index (χ3n) is 6.02. The Morgan fingerprint density at radius 3 is 2.65 bits per heavy atom. The van der Waals surface area contributed by atoms with Gasteiger partial charge in [0, 0.05) is 25.3 Å². The maximum absolute atomic E-state index is 12.0. The van der Waals surface area contributed by atoms with E-state index in [1.54, 1.807) is 6.33 Å². The van der Waals surface area contributed by atoms with Crippen molar-refractivity contribution in [2.75, 3.05) is 17.7 Å². The van der Waals surface area contributed by atoms with Gasteiger partial charge in [0.25, 0.3) is 0 Å². The second-order valence-corrected chi connectivity index (χ2v) is 9.67. The van der Waals surface area contributed by atoms with Gasteiger partial charge in [-0.15, -0.1) is 0 Å². The van der Waals surface area contributed by atoms with Crippen LogP contribution in [0.4, 0.5) is 5.82 Å². The molecule has 7 nitrogen and oxygen atoms in total. The number of aromatic amines is 1. The number of fused-ring (bicyclic) bond motifs is 2. The van der Waals surface area contributed by atoms with Crippen molar-refractivity contribution in [1.82, 2.24) is 19.7 Å². The quantitative estimate of drug-likeness (QED) is 0.806. The fourth-order valence-electron chi connectivity index (χ4n) is 4.89. The van der Waals surface area contributed by atoms with Crippen molar-refractivity contribution in [3.05, 3.63) is 18.6 Å². The van der Waals surface area contributed by atoms with E-state index in [4.69, 9.17) is 0 Å². The van der Waals surface area contributed by atoms with Crippen LogP contribution in [0, 0.1) is 11.8 Å². The number of nitrogens with one attached hydrogen (secondary N) is 2. The van der Waals surface area contributed by atoms with Gasteiger partial charge in [-0.1, -0.05) is 6.92 Å². The summed E-state index contributed by atoms with van der Waals surface area (Å²) in [5.41, 5.74) is 0.866. The molecule has 142 valence electrons. The minimum absolute atomic E-state index is 0.114. The Morgan fingerprint density at radius 2 is 1.96 bits per heavy atom. The molecule has 2 N–H and O–H groups in total. The second kappa shape index (κ2) is 6.81. The molecule has 2 aromatic rings. The molecular weight excluding hydrogens is 350 g/mol. The fraction of sp³-hybridized carbons (Fsp3) is 0.667. The smallest absolute Gasteiger partial charge is 0.211 e. The van der Waals surface area contributed by atoms with Gasteiger partial charge in [-0.2, -0.15) is 0 Å². The first-order valence-electron chi connectivity index (χ1n) is 9.47. The third-order valence-corrected chi connectivity index (χ3v) is 7.66. The number of sulfonamides is 1. The van der Waals surface area contributed by atoms with Crippen LogP contribution in [0.15, 0.2) is 18.6 Å². The molecule has 4 atom stereocenters. The Kier molecular flexibility index (Phi) is 4.64. The minimum atomic E-state index is -3.12. The molecule has 2 heterocycles. The van der Waals surface area contributed by atoms with E-state index in [1.165, 1.54) is 0 Å². The van der Waals surface area contributed by atoms with E-state index in [2.05, 4.69) is 31.6 Å². The summed E-state index contributed by atoms with van der Waals surface area (Å²) >= 11 is 0. The highest BCUT2D eigenvalue weighted by Crippen LogP contribution is 2.46. The molecule has 26 heavy (non-hydrogen) atoms. The van der Waals surface area contributed by atoms with Gasteiger partial charge in [0.05, 0.1) is 11.1 Å². The van der Waals surface area contributed by atoms with Crippen molar-refractivity contribution in [3.63, 3.8) is 0 Å². The number of aromatic nitrogens is 3. The Labute approximate surface area is 154 Å². The number of nitrogens with zero attached hydrogens (tertiary/aromatic N) is 3. The first-order chi connectivity index (χ1) is 12.5. The normalized spacial score (nSPS) is 28.5. The maximum Gasteiger partial charge on any atom is 0.211 e. The first kappa shape index (κ1) is 17.7. The van der Waals surface area contributed by atoms with Crippen LogP contribution in [0.25, 0.3) is 11.0 Å². The summed E-state index contributed by atoms with van der Waals surface area (Å²) in [6.07, 6.45) is 8.29. The summed E-state index contributed by atoms with van der Waals surface area (Å²) in [7, 11) is -1.00. The minimum Gasteiger partial charge on any atom is -0.356 e. The molecule has 4 rings (SSSR count). The second-order valence-electron chi connectivity index (χ2n) is 7.80. The average molecular weight is 378 g/mol. The largest absolute Gasteiger partial charge is 0.356 e. The zero-order valence-corrected chi connectivity index (χ0v) is 16.2. The molecule has 8 heteroatoms. The highest BCUT2D eigenvalue weighted by molar-refractivity contribution is 7.89. The molecule has 0 aliphatic heterocycles. The first-order valence-corrected chi connectivity index (χ1v) is 11.1. The predicted octanol–water partition coefficient (Wildman–Crippen LogP) is 2.28. The predicted molar refractivity (Wildman–Crippen MR) is 103 cm³/mol. The Bertz CT molecular complexity index is 867. The Balaban J connectivity index is 1.41. The Morgan fingerprint density at radius 1 is 1.23 bits per heavy atom. The van der Waals surface area contributed by atoms with Crippen molar-refractivity contribution in [2.24, 2.45) is 11.8 Å². The molecule has 0 aromatic carbocycles. The van der Waals surface area contributed by atoms with E-state index < -0.39 is 10.0 Å². The van der Waals surface area contributed by atoms with Crippen molar-refractivity contribution in [2.45, 2.75) is 51.1 Å². The zero-order valence-electron chi connectivity index (χ0n) is 15.4.